The molecule has 0 aromatic heterocycles. The van der Waals surface area contributed by atoms with Gasteiger partial charge in [0.2, 0.25) is 0 Å². The first-order valence-corrected chi connectivity index (χ1v) is 7.98. The quantitative estimate of drug-likeness (QED) is 0.359. The van der Waals surface area contributed by atoms with Crippen LogP contribution in [0.1, 0.15) is 49.0 Å². The summed E-state index contributed by atoms with van der Waals surface area (Å²) in [5.74, 6) is 0.0529. The van der Waals surface area contributed by atoms with Crippen LogP contribution >= 0.6 is 0 Å². The molecule has 0 bridgehead atoms. The van der Waals surface area contributed by atoms with Crippen LogP contribution in [0.15, 0.2) is 23.4 Å². The van der Waals surface area contributed by atoms with Gasteiger partial charge in [-0.15, -0.1) is 0 Å². The molecule has 1 aliphatic rings. The molecule has 1 aromatic carbocycles. The van der Waals surface area contributed by atoms with Crippen LogP contribution in [0.4, 0.5) is 0 Å². The fourth-order valence-electron chi connectivity index (χ4n) is 2.85. The first-order chi connectivity index (χ1) is 11.4. The van der Waals surface area contributed by atoms with Crippen molar-refractivity contribution in [2.24, 2.45) is 5.16 Å². The van der Waals surface area contributed by atoms with Crippen molar-refractivity contribution >= 4 is 24.4 Å². The fraction of sp³-hybridized carbons (Fsp3) is 0.471. The number of oxime groups is 1. The molecule has 0 fully saturated rings. The van der Waals surface area contributed by atoms with Crippen LogP contribution in [-0.4, -0.2) is 36.5 Å². The van der Waals surface area contributed by atoms with Gasteiger partial charge in [-0.3, -0.25) is 9.59 Å². The third kappa shape index (κ3) is 4.44. The van der Waals surface area contributed by atoms with E-state index in [2.05, 4.69) is 9.99 Å². The molecule has 128 valence electrons. The zero-order valence-electron chi connectivity index (χ0n) is 14.2. The van der Waals surface area contributed by atoms with Gasteiger partial charge in [-0.1, -0.05) is 17.3 Å². The van der Waals surface area contributed by atoms with Gasteiger partial charge in [0.15, 0.2) is 5.78 Å². The lowest BCUT2D eigenvalue weighted by Gasteiger charge is -2.28. The monoisotopic (exact) mass is 331 g/mol. The molecule has 0 saturated heterocycles. The third-order valence-corrected chi connectivity index (χ3v) is 4.10. The minimum absolute atomic E-state index is 0.0412. The number of Topliss-reactive ketones (excluding diaryl/α,β-unsaturated/α-hetero) is 2. The Labute approximate surface area is 142 Å². The van der Waals surface area contributed by atoms with Crippen LogP contribution in [-0.2, 0) is 16.1 Å². The van der Waals surface area contributed by atoms with Crippen molar-refractivity contribution in [2.45, 2.75) is 45.3 Å². The largest absolute Gasteiger partial charge is 0.535 e. The summed E-state index contributed by atoms with van der Waals surface area (Å²) in [5.41, 5.74) is 2.06. The van der Waals surface area contributed by atoms with E-state index < -0.39 is 7.12 Å². The molecule has 7 heteroatoms. The predicted molar refractivity (Wildman–Crippen MR) is 91.5 cm³/mol. The molecule has 1 heterocycles. The summed E-state index contributed by atoms with van der Waals surface area (Å²) >= 11 is 0. The number of carbonyl (C=O) groups excluding carboxylic acids is 2. The summed E-state index contributed by atoms with van der Waals surface area (Å²) in [7, 11) is 0.379. The molecule has 1 aliphatic heterocycles. The number of benzene rings is 1. The van der Waals surface area contributed by atoms with Gasteiger partial charge >= 0.3 is 7.12 Å². The second-order valence-electron chi connectivity index (χ2n) is 6.07. The molecular formula is C17H22BNO5. The molecule has 0 spiro atoms. The Morgan fingerprint density at radius 3 is 2.79 bits per heavy atom. The van der Waals surface area contributed by atoms with Crippen LogP contribution in [0.3, 0.4) is 0 Å². The van der Waals surface area contributed by atoms with Gasteiger partial charge in [0, 0.05) is 18.7 Å². The van der Waals surface area contributed by atoms with E-state index in [1.165, 1.54) is 14.0 Å². The maximum atomic E-state index is 12.1. The van der Waals surface area contributed by atoms with Gasteiger partial charge in [0.1, 0.15) is 18.6 Å². The van der Waals surface area contributed by atoms with E-state index in [-0.39, 0.29) is 23.8 Å². The summed E-state index contributed by atoms with van der Waals surface area (Å²) in [4.78, 5) is 28.4. The minimum atomic E-state index is -1.09. The van der Waals surface area contributed by atoms with Crippen molar-refractivity contribution in [2.75, 3.05) is 7.11 Å². The molecule has 1 aromatic rings. The van der Waals surface area contributed by atoms with Gasteiger partial charge in [0.25, 0.3) is 0 Å². The lowest BCUT2D eigenvalue weighted by atomic mass is 9.64. The van der Waals surface area contributed by atoms with Gasteiger partial charge < -0.3 is 14.5 Å². The summed E-state index contributed by atoms with van der Waals surface area (Å²) in [5, 5.41) is 14.0. The van der Waals surface area contributed by atoms with E-state index in [0.717, 1.165) is 11.3 Å². The van der Waals surface area contributed by atoms with E-state index in [4.69, 9.17) is 4.65 Å². The van der Waals surface area contributed by atoms with Crippen molar-refractivity contribution in [3.05, 3.63) is 29.3 Å². The topological polar surface area (TPSA) is 85.2 Å². The smallest absolute Gasteiger partial charge is 0.526 e. The van der Waals surface area contributed by atoms with Crippen LogP contribution in [0.25, 0.3) is 0 Å². The zero-order chi connectivity index (χ0) is 17.7. The lowest BCUT2D eigenvalue weighted by Crippen LogP contribution is -2.35. The normalized spacial score (nSPS) is 17.1. The van der Waals surface area contributed by atoms with E-state index in [9.17, 15) is 14.6 Å². The van der Waals surface area contributed by atoms with Crippen LogP contribution in [0, 0.1) is 0 Å². The molecule has 1 atom stereocenters. The number of hydrogen-bond acceptors (Lipinski definition) is 6. The molecule has 1 N–H and O–H groups in total. The van der Waals surface area contributed by atoms with Gasteiger partial charge in [-0.25, -0.2) is 0 Å². The summed E-state index contributed by atoms with van der Waals surface area (Å²) in [6, 6.07) is 5.33. The second kappa shape index (κ2) is 8.10. The first-order valence-electron chi connectivity index (χ1n) is 7.98. The Morgan fingerprint density at radius 2 is 2.12 bits per heavy atom. The maximum absolute atomic E-state index is 12.1. The fourth-order valence-corrected chi connectivity index (χ4v) is 2.85. The summed E-state index contributed by atoms with van der Waals surface area (Å²) in [6.45, 7) is 3.26. The number of ketones is 2. The molecule has 0 saturated carbocycles. The second-order valence-corrected chi connectivity index (χ2v) is 6.07. The molecule has 0 unspecified atom stereocenters. The Bertz CT molecular complexity index is 658. The van der Waals surface area contributed by atoms with E-state index >= 15 is 0 Å². The Hall–Kier alpha value is -2.15. The molecule has 6 nitrogen and oxygen atoms in total. The highest BCUT2D eigenvalue weighted by atomic mass is 16.6. The van der Waals surface area contributed by atoms with Crippen molar-refractivity contribution in [3.63, 3.8) is 0 Å². The van der Waals surface area contributed by atoms with Crippen molar-refractivity contribution in [1.82, 2.24) is 0 Å². The van der Waals surface area contributed by atoms with Crippen molar-refractivity contribution in [1.29, 1.82) is 0 Å². The van der Waals surface area contributed by atoms with Gasteiger partial charge in [0.05, 0.1) is 11.3 Å². The van der Waals surface area contributed by atoms with Crippen molar-refractivity contribution < 1.29 is 24.1 Å². The minimum Gasteiger partial charge on any atom is -0.535 e. The number of nitrogens with zero attached hydrogens (tertiary/aromatic N) is 1. The Balaban J connectivity index is 2.01. The molecule has 0 aliphatic carbocycles. The Morgan fingerprint density at radius 1 is 1.38 bits per heavy atom. The average molecular weight is 331 g/mol. The van der Waals surface area contributed by atoms with E-state index in [1.54, 1.807) is 19.1 Å². The predicted octanol–water partition coefficient (Wildman–Crippen LogP) is 2.44. The highest BCUT2D eigenvalue weighted by Gasteiger charge is 2.37. The number of rotatable bonds is 7. The lowest BCUT2D eigenvalue weighted by molar-refractivity contribution is -0.119. The highest BCUT2D eigenvalue weighted by molar-refractivity contribution is 6.47. The SMILES string of the molecule is CON=C(C)CCC(=O)C[C@H]1Cc2cccc(C(C)=O)c2OB1O. The molecule has 0 amide bonds. The number of carbonyl (C=O) groups is 2. The molecule has 24 heavy (non-hydrogen) atoms. The number of hydrogen-bond donors (Lipinski definition) is 1. The van der Waals surface area contributed by atoms with E-state index in [0.29, 0.717) is 30.6 Å². The van der Waals surface area contributed by atoms with Gasteiger partial charge in [-0.2, -0.15) is 0 Å². The molecular weight excluding hydrogens is 309 g/mol. The van der Waals surface area contributed by atoms with Crippen LogP contribution < -0.4 is 4.65 Å². The van der Waals surface area contributed by atoms with Crippen molar-refractivity contribution in [3.8, 4) is 5.75 Å². The van der Waals surface area contributed by atoms with Gasteiger partial charge in [-0.05, 0) is 38.3 Å². The molecule has 2 rings (SSSR count). The Kier molecular flexibility index (Phi) is 6.14. The highest BCUT2D eigenvalue weighted by Crippen LogP contribution is 2.36. The number of para-hydroxylation sites is 1. The summed E-state index contributed by atoms with van der Waals surface area (Å²) < 4.78 is 5.54. The molecule has 0 radical (unpaired) electrons. The first kappa shape index (κ1) is 18.2. The van der Waals surface area contributed by atoms with Crippen LogP contribution in [0.5, 0.6) is 5.75 Å². The maximum Gasteiger partial charge on any atom is 0.526 e. The summed E-state index contributed by atoms with van der Waals surface area (Å²) in [6.07, 6.45) is 1.61. The third-order valence-electron chi connectivity index (χ3n) is 4.10. The zero-order valence-corrected chi connectivity index (χ0v) is 14.2. The average Bonchev–Trinajstić information content (AvgIpc) is 2.53. The van der Waals surface area contributed by atoms with E-state index in [1.807, 2.05) is 6.07 Å². The number of fused-ring (bicyclic) bond motifs is 1. The van der Waals surface area contributed by atoms with Crippen LogP contribution in [0.2, 0.25) is 5.82 Å². The standard InChI is InChI=1S/C17H22BNO5/c1-11(19-23-3)7-8-15(21)10-14-9-13-5-4-6-16(12(2)20)17(13)24-18(14)22/h4-6,14,22H,7-10H2,1-3H3/t14-/m1/s1.